The Morgan fingerprint density at radius 1 is 0.718 bits per heavy atom. The molecule has 0 bridgehead atoms. The number of hydrogen-bond donors (Lipinski definition) is 4. The smallest absolute Gasteiger partial charge is 0.305 e. The summed E-state index contributed by atoms with van der Waals surface area (Å²) in [7, 11) is 2.90. The number of anilines is 1. The van der Waals surface area contributed by atoms with Crippen LogP contribution in [0.25, 0.3) is 44.5 Å². The number of rotatable bonds is 25. The molecule has 6 N–H and O–H groups in total. The molecule has 0 fully saturated rings. The minimum atomic E-state index is -0.675. The second-order valence-corrected chi connectivity index (χ2v) is 16.6. The van der Waals surface area contributed by atoms with E-state index in [1.54, 1.807) is 59.8 Å². The molecule has 0 unspecified atom stereocenters. The van der Waals surface area contributed by atoms with E-state index in [1.165, 1.54) is 7.11 Å². The lowest BCUT2D eigenvalue weighted by atomic mass is 10.1. The van der Waals surface area contributed by atoms with Crippen LogP contribution in [0.4, 0.5) is 5.95 Å². The largest absolute Gasteiger partial charge is 0.491 e. The summed E-state index contributed by atoms with van der Waals surface area (Å²) < 4.78 is 29.7. The monoisotopic (exact) mass is 973 g/mol. The van der Waals surface area contributed by atoms with Crippen LogP contribution < -0.4 is 31.6 Å². The number of nitrogens with one attached hydrogen (secondary N) is 2. The summed E-state index contributed by atoms with van der Waals surface area (Å²) in [5.41, 5.74) is 16.6. The summed E-state index contributed by atoms with van der Waals surface area (Å²) in [4.78, 5) is 77.8. The minimum Gasteiger partial charge on any atom is -0.491 e. The Morgan fingerprint density at radius 3 is 2.07 bits per heavy atom. The Balaban J connectivity index is 1.28. The highest BCUT2D eigenvalue weighted by molar-refractivity contribution is 6.12. The van der Waals surface area contributed by atoms with Crippen LogP contribution in [0.1, 0.15) is 88.5 Å². The molecule has 7 aromatic rings. The van der Waals surface area contributed by atoms with Crippen molar-refractivity contribution in [1.29, 1.82) is 0 Å². The zero-order valence-electron chi connectivity index (χ0n) is 40.7. The number of hydrogen-bond acceptors (Lipinski definition) is 14. The van der Waals surface area contributed by atoms with Crippen molar-refractivity contribution in [3.8, 4) is 23.0 Å². The maximum absolute atomic E-state index is 13.9. The number of nitrogens with zero attached hydrogens (tertiary/aromatic N) is 9. The van der Waals surface area contributed by atoms with Crippen LogP contribution in [0.3, 0.4) is 0 Å². The molecular formula is C49H59N13O9. The van der Waals surface area contributed by atoms with E-state index in [1.807, 2.05) is 48.2 Å². The van der Waals surface area contributed by atoms with E-state index in [0.717, 1.165) is 11.4 Å². The van der Waals surface area contributed by atoms with Gasteiger partial charge in [-0.25, -0.2) is 15.0 Å². The van der Waals surface area contributed by atoms with E-state index in [0.29, 0.717) is 107 Å². The number of allylic oxidation sites excluding steroid dienone is 2. The third-order valence-electron chi connectivity index (χ3n) is 11.5. The molecule has 71 heavy (non-hydrogen) atoms. The number of aryl methyl sites for hydroxylation is 4. The molecule has 0 saturated carbocycles. The first-order chi connectivity index (χ1) is 34.2. The van der Waals surface area contributed by atoms with E-state index in [9.17, 15) is 24.0 Å². The van der Waals surface area contributed by atoms with E-state index >= 15 is 0 Å². The average Bonchev–Trinajstić information content (AvgIpc) is 4.12. The van der Waals surface area contributed by atoms with Crippen LogP contribution in [-0.2, 0) is 45.2 Å². The third-order valence-corrected chi connectivity index (χ3v) is 11.5. The standard InChI is InChI=1S/C49H59N13O9/c1-7-61-36(22-29(3)57-61)46-53-28-34-33-24-31(44(50)65)26-38(70-20-12-16-52-40(63)14-11-15-41(64)69-6)42(33)59(47(34)55-46)17-9-10-18-60-43-35(25-32(45(51)66)27-39(43)71-21-13-19-68-5)54-49(60)56-48(67)37-23-30(4)58-62(37)8-2/h9-10,22-28H,7-8,11-21H2,1-6H3,(H2,50,65)(H2,51,66)(H,52,63)(H,54,56,67)/b10-9+. The molecule has 4 amide bonds. The Kier molecular flexibility index (Phi) is 16.4. The average molecular weight is 974 g/mol. The number of aromatic nitrogens is 9. The van der Waals surface area contributed by atoms with Crippen LogP contribution >= 0.6 is 0 Å². The van der Waals surface area contributed by atoms with Crippen LogP contribution in [0.15, 0.2) is 54.7 Å². The molecule has 5 heterocycles. The minimum absolute atomic E-state index is 0.146. The SMILES string of the molecule is CCn1nc(C)cc1C(=O)Nc1nc2cc(C(N)=O)cc(OCCCOC)c2n1C/C=C/Cn1c2nc(-c3cc(C)nn3CC)ncc2c2cc(C(N)=O)cc(OCCCNC(=O)CCCC(=O)OC)c21. The summed E-state index contributed by atoms with van der Waals surface area (Å²) in [5, 5.41) is 16.1. The van der Waals surface area contributed by atoms with Gasteiger partial charge in [0.25, 0.3) is 5.91 Å². The molecule has 7 rings (SSSR count). The number of carbonyl (C=O) groups is 5. The van der Waals surface area contributed by atoms with Gasteiger partial charge in [-0.15, -0.1) is 0 Å². The number of imidazole rings is 1. The molecule has 0 aliphatic carbocycles. The molecule has 374 valence electrons. The Morgan fingerprint density at radius 2 is 1.38 bits per heavy atom. The van der Waals surface area contributed by atoms with E-state index in [4.69, 9.17) is 40.6 Å². The summed E-state index contributed by atoms with van der Waals surface area (Å²) in [5.74, 6) is -1.04. The van der Waals surface area contributed by atoms with Gasteiger partial charge >= 0.3 is 5.97 Å². The lowest BCUT2D eigenvalue weighted by Crippen LogP contribution is -2.25. The molecule has 0 radical (unpaired) electrons. The quantitative estimate of drug-likeness (QED) is 0.0333. The number of methoxy groups -OCH3 is 2. The van der Waals surface area contributed by atoms with Gasteiger partial charge in [0.05, 0.1) is 42.7 Å². The van der Waals surface area contributed by atoms with Gasteiger partial charge < -0.3 is 44.9 Å². The van der Waals surface area contributed by atoms with E-state index in [2.05, 4.69) is 25.6 Å². The second-order valence-electron chi connectivity index (χ2n) is 16.6. The fourth-order valence-electron chi connectivity index (χ4n) is 8.19. The molecule has 2 aromatic carbocycles. The summed E-state index contributed by atoms with van der Waals surface area (Å²) in [6.45, 7) is 10.2. The molecule has 22 heteroatoms. The van der Waals surface area contributed by atoms with Gasteiger partial charge in [-0.05, 0) is 76.9 Å². The fourth-order valence-corrected chi connectivity index (χ4v) is 8.19. The Bertz CT molecular complexity index is 3140. The van der Waals surface area contributed by atoms with Gasteiger partial charge in [0.15, 0.2) is 5.82 Å². The molecule has 22 nitrogen and oxygen atoms in total. The highest BCUT2D eigenvalue weighted by atomic mass is 16.5. The van der Waals surface area contributed by atoms with Crippen LogP contribution in [0.2, 0.25) is 0 Å². The van der Waals surface area contributed by atoms with E-state index < -0.39 is 17.7 Å². The van der Waals surface area contributed by atoms with Gasteiger partial charge in [-0.1, -0.05) is 12.2 Å². The number of nitrogens with two attached hydrogens (primary N) is 2. The second kappa shape index (κ2) is 23.0. The van der Waals surface area contributed by atoms with E-state index in [-0.39, 0.29) is 68.1 Å². The zero-order chi connectivity index (χ0) is 50.8. The lowest BCUT2D eigenvalue weighted by molar-refractivity contribution is -0.140. The van der Waals surface area contributed by atoms with Crippen molar-refractivity contribution < 1.29 is 42.9 Å². The highest BCUT2D eigenvalue weighted by Gasteiger charge is 2.24. The third kappa shape index (κ3) is 11.7. The van der Waals surface area contributed by atoms with Crippen molar-refractivity contribution in [3.05, 3.63) is 83.0 Å². The molecule has 0 saturated heterocycles. The Hall–Kier alpha value is -8.14. The number of fused-ring (bicyclic) bond motifs is 4. The van der Waals surface area contributed by atoms with Crippen molar-refractivity contribution in [2.75, 3.05) is 45.9 Å². The van der Waals surface area contributed by atoms with Gasteiger partial charge in [0.1, 0.15) is 34.1 Å². The predicted octanol–water partition coefficient (Wildman–Crippen LogP) is 5.00. The van der Waals surface area contributed by atoms with Crippen LogP contribution in [0.5, 0.6) is 11.5 Å². The van der Waals surface area contributed by atoms with Crippen molar-refractivity contribution in [3.63, 3.8) is 0 Å². The summed E-state index contributed by atoms with van der Waals surface area (Å²) in [6.07, 6.45) is 7.19. The summed E-state index contributed by atoms with van der Waals surface area (Å²) >= 11 is 0. The predicted molar refractivity (Wildman–Crippen MR) is 264 cm³/mol. The number of amides is 4. The lowest BCUT2D eigenvalue weighted by Gasteiger charge is -2.13. The van der Waals surface area contributed by atoms with Gasteiger partial charge in [-0.3, -0.25) is 38.7 Å². The van der Waals surface area contributed by atoms with Crippen molar-refractivity contribution in [1.82, 2.24) is 49.0 Å². The number of esters is 1. The molecule has 5 aromatic heterocycles. The Labute approximate surface area is 408 Å². The van der Waals surface area contributed by atoms with Gasteiger partial charge in [-0.2, -0.15) is 10.2 Å². The summed E-state index contributed by atoms with van der Waals surface area (Å²) in [6, 6.07) is 10.0. The fraction of sp³-hybridized carbons (Fsp3) is 0.388. The topological polar surface area (TPSA) is 283 Å². The van der Waals surface area contributed by atoms with Crippen LogP contribution in [-0.4, -0.2) is 114 Å². The van der Waals surface area contributed by atoms with Gasteiger partial charge in [0, 0.05) is 93.8 Å². The first kappa shape index (κ1) is 50.7. The van der Waals surface area contributed by atoms with Crippen molar-refractivity contribution >= 4 is 68.5 Å². The zero-order valence-corrected chi connectivity index (χ0v) is 40.7. The normalized spacial score (nSPS) is 11.5. The van der Waals surface area contributed by atoms with Crippen molar-refractivity contribution in [2.24, 2.45) is 11.5 Å². The molecular weight excluding hydrogens is 915 g/mol. The maximum Gasteiger partial charge on any atom is 0.305 e. The molecule has 0 aliphatic heterocycles. The number of ether oxygens (including phenoxy) is 4. The molecule has 0 spiro atoms. The number of carbonyl (C=O) groups excluding carboxylic acids is 5. The molecule has 0 atom stereocenters. The number of primary amides is 2. The van der Waals surface area contributed by atoms with Crippen LogP contribution in [0, 0.1) is 13.8 Å². The molecule has 0 aliphatic rings. The number of benzene rings is 2. The van der Waals surface area contributed by atoms with Crippen molar-refractivity contribution in [2.45, 2.75) is 86.0 Å². The van der Waals surface area contributed by atoms with Gasteiger partial charge in [0.2, 0.25) is 23.7 Å². The first-order valence-electron chi connectivity index (χ1n) is 23.4. The maximum atomic E-state index is 13.9. The first-order valence-corrected chi connectivity index (χ1v) is 23.4. The highest BCUT2D eigenvalue weighted by Crippen LogP contribution is 2.37.